The Morgan fingerprint density at radius 2 is 2.15 bits per heavy atom. The van der Waals surface area contributed by atoms with Gasteiger partial charge in [-0.05, 0) is 12.1 Å². The highest BCUT2D eigenvalue weighted by molar-refractivity contribution is 5.93. The third-order valence-corrected chi connectivity index (χ3v) is 3.81. The lowest BCUT2D eigenvalue weighted by molar-refractivity contribution is -0.385. The zero-order valence-corrected chi connectivity index (χ0v) is 13.7. The van der Waals surface area contributed by atoms with E-state index >= 15 is 0 Å². The zero-order valence-electron chi connectivity index (χ0n) is 13.7. The molecule has 1 aliphatic heterocycles. The molecule has 1 aliphatic rings. The van der Waals surface area contributed by atoms with Crippen molar-refractivity contribution in [3.05, 3.63) is 39.1 Å². The zero-order chi connectivity index (χ0) is 19.6. The fourth-order valence-corrected chi connectivity index (χ4v) is 2.57. The van der Waals surface area contributed by atoms with Gasteiger partial charge in [-0.3, -0.25) is 10.1 Å². The van der Waals surface area contributed by atoms with Crippen LogP contribution < -0.4 is 15.2 Å². The minimum absolute atomic E-state index is 0.0112. The number of aliphatic hydroxyl groups excluding tert-OH is 1. The molecule has 0 atom stereocenters. The number of hydrogen-bond acceptors (Lipinski definition) is 9. The van der Waals surface area contributed by atoms with Gasteiger partial charge in [-0.15, -0.1) is 0 Å². The van der Waals surface area contributed by atoms with E-state index in [9.17, 15) is 20.6 Å². The number of rotatable bonds is 5. The van der Waals surface area contributed by atoms with Crippen LogP contribution in [0.4, 0.5) is 11.5 Å². The maximum atomic E-state index is 11.4. The molecule has 3 rings (SSSR count). The standard InChI is InChI=1S/C16H12N6O5/c17-6-10(15-11(7-18)16(19)21(20-15)1-2-23)3-9-4-13-14(27-8-26-13)5-12(9)22(24)25/h3-5,23H,1-2,8,19H2/b10-3+. The third-order valence-electron chi connectivity index (χ3n) is 3.81. The number of aromatic nitrogens is 2. The van der Waals surface area contributed by atoms with Crippen LogP contribution in [0, 0.1) is 32.8 Å². The summed E-state index contributed by atoms with van der Waals surface area (Å²) in [7, 11) is 0. The van der Waals surface area contributed by atoms with Crippen LogP contribution in [0.5, 0.6) is 11.5 Å². The molecular weight excluding hydrogens is 356 g/mol. The number of nitriles is 2. The van der Waals surface area contributed by atoms with Gasteiger partial charge in [0.05, 0.1) is 35.3 Å². The molecule has 0 amide bonds. The Balaban J connectivity index is 2.17. The number of nitro benzene ring substituents is 1. The molecule has 0 saturated carbocycles. The molecule has 11 heteroatoms. The Morgan fingerprint density at radius 1 is 1.44 bits per heavy atom. The van der Waals surface area contributed by atoms with E-state index in [-0.39, 0.29) is 59.6 Å². The second kappa shape index (κ2) is 7.03. The molecule has 136 valence electrons. The molecule has 1 aromatic carbocycles. The lowest BCUT2D eigenvalue weighted by Crippen LogP contribution is -2.07. The normalized spacial score (nSPS) is 12.5. The Morgan fingerprint density at radius 3 is 2.74 bits per heavy atom. The molecule has 0 spiro atoms. The van der Waals surface area contributed by atoms with Crippen LogP contribution in [0.2, 0.25) is 0 Å². The van der Waals surface area contributed by atoms with Gasteiger partial charge < -0.3 is 20.3 Å². The van der Waals surface area contributed by atoms with E-state index in [0.29, 0.717) is 5.75 Å². The number of hydrogen-bond donors (Lipinski definition) is 2. The third kappa shape index (κ3) is 3.10. The van der Waals surface area contributed by atoms with Gasteiger partial charge in [0.15, 0.2) is 11.5 Å². The van der Waals surface area contributed by atoms with Crippen LogP contribution in [-0.2, 0) is 6.54 Å². The van der Waals surface area contributed by atoms with Gasteiger partial charge in [0.2, 0.25) is 6.79 Å². The van der Waals surface area contributed by atoms with Crippen LogP contribution in [0.1, 0.15) is 16.8 Å². The smallest absolute Gasteiger partial charge is 0.280 e. The second-order valence-corrected chi connectivity index (χ2v) is 5.36. The fraction of sp³-hybridized carbons (Fsp3) is 0.188. The Bertz CT molecular complexity index is 1040. The molecule has 2 aromatic rings. The summed E-state index contributed by atoms with van der Waals surface area (Å²) in [6, 6.07) is 6.32. The first-order valence-electron chi connectivity index (χ1n) is 7.57. The number of nitro groups is 1. The number of nitrogen functional groups attached to an aromatic ring is 1. The first-order valence-corrected chi connectivity index (χ1v) is 7.57. The van der Waals surface area contributed by atoms with Gasteiger partial charge in [0.25, 0.3) is 5.69 Å². The Labute approximate surface area is 152 Å². The monoisotopic (exact) mass is 368 g/mol. The number of aliphatic hydroxyl groups is 1. The molecular formula is C16H12N6O5. The van der Waals surface area contributed by atoms with Crippen molar-refractivity contribution >= 4 is 23.2 Å². The summed E-state index contributed by atoms with van der Waals surface area (Å²) < 4.78 is 11.5. The highest BCUT2D eigenvalue weighted by Gasteiger charge is 2.24. The van der Waals surface area contributed by atoms with Gasteiger partial charge >= 0.3 is 0 Å². The summed E-state index contributed by atoms with van der Waals surface area (Å²) in [4.78, 5) is 10.8. The molecule has 0 unspecified atom stereocenters. The quantitative estimate of drug-likeness (QED) is 0.443. The van der Waals surface area contributed by atoms with Crippen molar-refractivity contribution in [3.63, 3.8) is 0 Å². The van der Waals surface area contributed by atoms with Gasteiger partial charge in [-0.1, -0.05) is 0 Å². The summed E-state index contributed by atoms with van der Waals surface area (Å²) in [6.45, 7) is -0.301. The van der Waals surface area contributed by atoms with Crippen LogP contribution in [0.25, 0.3) is 11.6 Å². The number of ether oxygens (including phenoxy) is 2. The molecule has 0 saturated heterocycles. The number of nitrogens with zero attached hydrogens (tertiary/aromatic N) is 5. The summed E-state index contributed by atoms with van der Waals surface area (Å²) in [5.41, 5.74) is 5.42. The SMILES string of the molecule is N#C/C(=C\c1cc2c(cc1[N+](=O)[O-])OCO2)c1nn(CCO)c(N)c1C#N. The molecule has 11 nitrogen and oxygen atoms in total. The maximum absolute atomic E-state index is 11.4. The van der Waals surface area contributed by atoms with Crippen molar-refractivity contribution in [1.29, 1.82) is 10.5 Å². The minimum atomic E-state index is -0.618. The molecule has 1 aromatic heterocycles. The van der Waals surface area contributed by atoms with Crippen molar-refractivity contribution < 1.29 is 19.5 Å². The van der Waals surface area contributed by atoms with Crippen molar-refractivity contribution in [2.24, 2.45) is 0 Å². The first kappa shape index (κ1) is 17.7. The highest BCUT2D eigenvalue weighted by atomic mass is 16.7. The van der Waals surface area contributed by atoms with Crippen molar-refractivity contribution in [2.75, 3.05) is 19.1 Å². The Hall–Kier alpha value is -4.09. The van der Waals surface area contributed by atoms with Crippen molar-refractivity contribution in [1.82, 2.24) is 9.78 Å². The lowest BCUT2D eigenvalue weighted by atomic mass is 10.0. The number of benzene rings is 1. The molecule has 2 heterocycles. The number of fused-ring (bicyclic) bond motifs is 1. The minimum Gasteiger partial charge on any atom is -0.454 e. The summed E-state index contributed by atoms with van der Waals surface area (Å²) in [6.07, 6.45) is 1.23. The van der Waals surface area contributed by atoms with E-state index in [2.05, 4.69) is 5.10 Å². The van der Waals surface area contributed by atoms with E-state index in [1.807, 2.05) is 12.1 Å². The van der Waals surface area contributed by atoms with Gasteiger partial charge in [-0.25, -0.2) is 4.68 Å². The van der Waals surface area contributed by atoms with Crippen molar-refractivity contribution in [3.8, 4) is 23.6 Å². The van der Waals surface area contributed by atoms with Gasteiger partial charge in [0.1, 0.15) is 29.2 Å². The predicted octanol–water partition coefficient (Wildman–Crippen LogP) is 1.03. The van der Waals surface area contributed by atoms with Crippen molar-refractivity contribution in [2.45, 2.75) is 6.54 Å². The van der Waals surface area contributed by atoms with Crippen LogP contribution in [0.3, 0.4) is 0 Å². The lowest BCUT2D eigenvalue weighted by Gasteiger charge is -2.02. The average Bonchev–Trinajstić information content (AvgIpc) is 3.23. The number of anilines is 1. The molecule has 0 bridgehead atoms. The van der Waals surface area contributed by atoms with Crippen LogP contribution in [0.15, 0.2) is 12.1 Å². The first-order chi connectivity index (χ1) is 13.0. The van der Waals surface area contributed by atoms with E-state index in [4.69, 9.17) is 20.3 Å². The average molecular weight is 368 g/mol. The topological polar surface area (TPSA) is 173 Å². The largest absolute Gasteiger partial charge is 0.454 e. The summed E-state index contributed by atoms with van der Waals surface area (Å²) in [5.74, 6) is 0.518. The summed E-state index contributed by atoms with van der Waals surface area (Å²) >= 11 is 0. The maximum Gasteiger partial charge on any atom is 0.280 e. The molecule has 0 aliphatic carbocycles. The molecule has 3 N–H and O–H groups in total. The van der Waals surface area contributed by atoms with E-state index in [1.165, 1.54) is 22.9 Å². The van der Waals surface area contributed by atoms with Crippen LogP contribution >= 0.6 is 0 Å². The molecule has 0 fully saturated rings. The highest BCUT2D eigenvalue weighted by Crippen LogP contribution is 2.39. The number of allylic oxidation sites excluding steroid dienone is 1. The summed E-state index contributed by atoms with van der Waals surface area (Å²) in [5, 5.41) is 43.4. The fourth-order valence-electron chi connectivity index (χ4n) is 2.57. The van der Waals surface area contributed by atoms with E-state index in [1.54, 1.807) is 0 Å². The molecule has 0 radical (unpaired) electrons. The number of nitrogens with two attached hydrogens (primary N) is 1. The van der Waals surface area contributed by atoms with Crippen LogP contribution in [-0.4, -0.2) is 33.2 Å². The predicted molar refractivity (Wildman–Crippen MR) is 91.1 cm³/mol. The van der Waals surface area contributed by atoms with E-state index in [0.717, 1.165) is 0 Å². The second-order valence-electron chi connectivity index (χ2n) is 5.36. The molecule has 27 heavy (non-hydrogen) atoms. The van der Waals surface area contributed by atoms with Gasteiger partial charge in [0, 0.05) is 0 Å². The Kier molecular flexibility index (Phi) is 4.62. The van der Waals surface area contributed by atoms with Gasteiger partial charge in [-0.2, -0.15) is 15.6 Å². The van der Waals surface area contributed by atoms with E-state index < -0.39 is 4.92 Å².